The maximum Gasteiger partial charge on any atom is 0.138 e. The molecule has 0 radical (unpaired) electrons. The van der Waals surface area contributed by atoms with E-state index in [2.05, 4.69) is 16.7 Å². The monoisotopic (exact) mass is 273 g/mol. The minimum Gasteiger partial charge on any atom is -0.384 e. The molecular weight excluding hydrogens is 253 g/mol. The summed E-state index contributed by atoms with van der Waals surface area (Å²) in [6.45, 7) is 3.00. The predicted molar refractivity (Wildman–Crippen MR) is 76.5 cm³/mol. The molecule has 1 saturated heterocycles. The number of halogens is 1. The second-order valence-corrected chi connectivity index (χ2v) is 5.92. The third-order valence-electron chi connectivity index (χ3n) is 4.54. The van der Waals surface area contributed by atoms with Crippen molar-refractivity contribution in [1.29, 1.82) is 0 Å². The van der Waals surface area contributed by atoms with Crippen molar-refractivity contribution in [1.82, 2.24) is 4.90 Å². The molecule has 0 aromatic heterocycles. The number of fused-ring (bicyclic) bond motifs is 1. The number of aliphatic hydroxyl groups is 1. The molecule has 1 aromatic carbocycles. The van der Waals surface area contributed by atoms with Gasteiger partial charge in [0.1, 0.15) is 12.4 Å². The number of hydrogen-bond donors (Lipinski definition) is 1. The molecule has 1 saturated carbocycles. The molecule has 0 spiro atoms. The van der Waals surface area contributed by atoms with Crippen LogP contribution >= 0.6 is 0 Å². The average molecular weight is 273 g/mol. The summed E-state index contributed by atoms with van der Waals surface area (Å²) in [5, 5.41) is 8.71. The number of nitrogens with zero attached hydrogens (tertiary/aromatic N) is 1. The van der Waals surface area contributed by atoms with Crippen molar-refractivity contribution >= 4 is 0 Å². The lowest BCUT2D eigenvalue weighted by atomic mass is 10.0. The zero-order valence-electron chi connectivity index (χ0n) is 11.6. The Morgan fingerprint density at radius 2 is 2.00 bits per heavy atom. The zero-order valence-corrected chi connectivity index (χ0v) is 11.6. The van der Waals surface area contributed by atoms with Gasteiger partial charge in [0.15, 0.2) is 0 Å². The second-order valence-electron chi connectivity index (χ2n) is 5.92. The van der Waals surface area contributed by atoms with E-state index in [0.29, 0.717) is 5.56 Å². The van der Waals surface area contributed by atoms with E-state index < -0.39 is 0 Å². The fourth-order valence-electron chi connectivity index (χ4n) is 3.62. The quantitative estimate of drug-likeness (QED) is 0.836. The SMILES string of the molecule is OCC#Cc1cc(CN2CC3CCCC3C2)ccc1F. The van der Waals surface area contributed by atoms with Gasteiger partial charge in [-0.2, -0.15) is 0 Å². The fraction of sp³-hybridized carbons (Fsp3) is 0.529. The van der Waals surface area contributed by atoms with E-state index in [-0.39, 0.29) is 12.4 Å². The Morgan fingerprint density at radius 1 is 1.25 bits per heavy atom. The highest BCUT2D eigenvalue weighted by Gasteiger charge is 2.35. The second kappa shape index (κ2) is 5.95. The molecule has 3 heteroatoms. The van der Waals surface area contributed by atoms with E-state index in [1.54, 1.807) is 0 Å². The van der Waals surface area contributed by atoms with Crippen LogP contribution in [0.25, 0.3) is 0 Å². The molecular formula is C17H20FNO. The van der Waals surface area contributed by atoms with Crippen LogP contribution in [-0.2, 0) is 6.54 Å². The Bertz CT molecular complexity index is 534. The maximum absolute atomic E-state index is 13.6. The Labute approximate surface area is 119 Å². The van der Waals surface area contributed by atoms with Crippen molar-refractivity contribution in [3.05, 3.63) is 35.1 Å². The summed E-state index contributed by atoms with van der Waals surface area (Å²) in [5.74, 6) is 6.63. The molecule has 1 N–H and O–H groups in total. The Kier molecular flexibility index (Phi) is 4.05. The van der Waals surface area contributed by atoms with Crippen molar-refractivity contribution in [2.75, 3.05) is 19.7 Å². The van der Waals surface area contributed by atoms with E-state index in [9.17, 15) is 4.39 Å². The van der Waals surface area contributed by atoms with Crippen LogP contribution in [0.1, 0.15) is 30.4 Å². The molecule has 1 aromatic rings. The third kappa shape index (κ3) is 2.87. The molecule has 2 atom stereocenters. The topological polar surface area (TPSA) is 23.5 Å². The molecule has 2 aliphatic rings. The van der Waals surface area contributed by atoms with Crippen molar-refractivity contribution in [3.8, 4) is 11.8 Å². The van der Waals surface area contributed by atoms with E-state index >= 15 is 0 Å². The predicted octanol–water partition coefficient (Wildman–Crippen LogP) is 2.40. The lowest BCUT2D eigenvalue weighted by Gasteiger charge is -2.17. The largest absolute Gasteiger partial charge is 0.384 e. The van der Waals surface area contributed by atoms with Crippen molar-refractivity contribution in [2.45, 2.75) is 25.8 Å². The first kappa shape index (κ1) is 13.6. The highest BCUT2D eigenvalue weighted by Crippen LogP contribution is 2.38. The molecule has 2 unspecified atom stereocenters. The zero-order chi connectivity index (χ0) is 13.9. The van der Waals surface area contributed by atoms with E-state index in [1.807, 2.05) is 12.1 Å². The summed E-state index contributed by atoms with van der Waals surface area (Å²) in [5.41, 5.74) is 1.49. The number of rotatable bonds is 2. The summed E-state index contributed by atoms with van der Waals surface area (Å²) in [7, 11) is 0. The third-order valence-corrected chi connectivity index (χ3v) is 4.54. The van der Waals surface area contributed by atoms with Gasteiger partial charge in [0, 0.05) is 19.6 Å². The number of benzene rings is 1. The average Bonchev–Trinajstić information content (AvgIpc) is 3.00. The standard InChI is InChI=1S/C17H20FNO/c18-17-7-6-13(9-14(17)5-2-8-20)10-19-11-15-3-1-4-16(15)12-19/h6-7,9,15-16,20H,1,3-4,8,10-12H2. The van der Waals surface area contributed by atoms with Crippen LogP contribution in [0.5, 0.6) is 0 Å². The molecule has 3 rings (SSSR count). The minimum atomic E-state index is -0.312. The fourth-order valence-corrected chi connectivity index (χ4v) is 3.62. The van der Waals surface area contributed by atoms with Crippen LogP contribution < -0.4 is 0 Å². The van der Waals surface area contributed by atoms with Crippen LogP contribution in [0.3, 0.4) is 0 Å². The first-order chi connectivity index (χ1) is 9.76. The number of hydrogen-bond acceptors (Lipinski definition) is 2. The molecule has 0 amide bonds. The highest BCUT2D eigenvalue weighted by molar-refractivity contribution is 5.38. The molecule has 2 nitrogen and oxygen atoms in total. The summed E-state index contributed by atoms with van der Waals surface area (Å²) in [6, 6.07) is 5.13. The van der Waals surface area contributed by atoms with Crippen LogP contribution in [-0.4, -0.2) is 29.7 Å². The molecule has 1 aliphatic heterocycles. The molecule has 0 bridgehead atoms. The number of likely N-dealkylation sites (tertiary alicyclic amines) is 1. The Balaban J connectivity index is 1.68. The maximum atomic E-state index is 13.6. The van der Waals surface area contributed by atoms with Crippen molar-refractivity contribution in [3.63, 3.8) is 0 Å². The van der Waals surface area contributed by atoms with Gasteiger partial charge in [-0.3, -0.25) is 4.90 Å². The summed E-state index contributed by atoms with van der Waals surface area (Å²) >= 11 is 0. The number of aliphatic hydroxyl groups excluding tert-OH is 1. The molecule has 1 heterocycles. The van der Waals surface area contributed by atoms with Crippen molar-refractivity contribution < 1.29 is 9.50 Å². The van der Waals surface area contributed by atoms with Gasteiger partial charge in [-0.05, 0) is 42.4 Å². The molecule has 106 valence electrons. The van der Waals surface area contributed by atoms with Crippen LogP contribution in [0.2, 0.25) is 0 Å². The van der Waals surface area contributed by atoms with Gasteiger partial charge >= 0.3 is 0 Å². The van der Waals surface area contributed by atoms with Gasteiger partial charge in [0.25, 0.3) is 0 Å². The van der Waals surface area contributed by atoms with Crippen LogP contribution in [0, 0.1) is 29.5 Å². The minimum absolute atomic E-state index is 0.237. The summed E-state index contributed by atoms with van der Waals surface area (Å²) < 4.78 is 13.6. The van der Waals surface area contributed by atoms with E-state index in [1.165, 1.54) is 38.4 Å². The lowest BCUT2D eigenvalue weighted by Crippen LogP contribution is -2.21. The van der Waals surface area contributed by atoms with Crippen LogP contribution in [0.15, 0.2) is 18.2 Å². The summed E-state index contributed by atoms with van der Waals surface area (Å²) in [4.78, 5) is 2.48. The van der Waals surface area contributed by atoms with Crippen LogP contribution in [0.4, 0.5) is 4.39 Å². The van der Waals surface area contributed by atoms with Crippen molar-refractivity contribution in [2.24, 2.45) is 11.8 Å². The smallest absolute Gasteiger partial charge is 0.138 e. The normalized spacial score (nSPS) is 25.3. The van der Waals surface area contributed by atoms with Gasteiger partial charge in [-0.1, -0.05) is 24.3 Å². The Hall–Kier alpha value is -1.37. The first-order valence-corrected chi connectivity index (χ1v) is 7.37. The summed E-state index contributed by atoms with van der Waals surface area (Å²) in [6.07, 6.45) is 4.14. The van der Waals surface area contributed by atoms with Gasteiger partial charge < -0.3 is 5.11 Å². The van der Waals surface area contributed by atoms with E-state index in [0.717, 1.165) is 23.9 Å². The van der Waals surface area contributed by atoms with Gasteiger partial charge in [0.05, 0.1) is 5.56 Å². The van der Waals surface area contributed by atoms with Gasteiger partial charge in [-0.25, -0.2) is 4.39 Å². The molecule has 20 heavy (non-hydrogen) atoms. The van der Waals surface area contributed by atoms with E-state index in [4.69, 9.17) is 5.11 Å². The molecule has 1 aliphatic carbocycles. The van der Waals surface area contributed by atoms with Gasteiger partial charge in [-0.15, -0.1) is 0 Å². The van der Waals surface area contributed by atoms with Gasteiger partial charge in [0.2, 0.25) is 0 Å². The first-order valence-electron chi connectivity index (χ1n) is 7.37. The highest BCUT2D eigenvalue weighted by atomic mass is 19.1. The lowest BCUT2D eigenvalue weighted by molar-refractivity contribution is 0.303. The molecule has 2 fully saturated rings. The Morgan fingerprint density at radius 3 is 2.70 bits per heavy atom.